The van der Waals surface area contributed by atoms with Crippen LogP contribution in [0.15, 0.2) is 12.1 Å². The van der Waals surface area contributed by atoms with Crippen molar-refractivity contribution in [2.75, 3.05) is 13.7 Å². The number of amides is 1. The minimum absolute atomic E-state index is 0.0411. The average molecular weight is 318 g/mol. The molecule has 1 aromatic heterocycles. The molecule has 2 heterocycles. The summed E-state index contributed by atoms with van der Waals surface area (Å²) in [6.45, 7) is 5.23. The van der Waals surface area contributed by atoms with Crippen LogP contribution in [-0.2, 0) is 10.9 Å². The minimum atomic E-state index is -4.53. The van der Waals surface area contributed by atoms with Gasteiger partial charge in [0.2, 0.25) is 5.88 Å². The highest BCUT2D eigenvalue weighted by atomic mass is 19.4. The van der Waals surface area contributed by atoms with Gasteiger partial charge in [0.25, 0.3) is 0 Å². The highest BCUT2D eigenvalue weighted by molar-refractivity contribution is 5.69. The van der Waals surface area contributed by atoms with Crippen molar-refractivity contribution in [2.24, 2.45) is 0 Å². The molecule has 0 N–H and O–H groups in total. The summed E-state index contributed by atoms with van der Waals surface area (Å²) in [5.74, 6) is -0.102. The molecule has 0 bridgehead atoms. The number of hydrogen-bond acceptors (Lipinski definition) is 4. The van der Waals surface area contributed by atoms with E-state index in [9.17, 15) is 18.0 Å². The number of carbonyl (C=O) groups excluding carboxylic acids is 1. The number of alkyl halides is 3. The SMILES string of the molecule is CN(C(=O)OC(C)(C)C)C1COc2nc(C(F)(F)F)ccc21. The van der Waals surface area contributed by atoms with Gasteiger partial charge in [0.15, 0.2) is 0 Å². The zero-order valence-electron chi connectivity index (χ0n) is 12.7. The Bertz CT molecular complexity index is 582. The second kappa shape index (κ2) is 5.33. The summed E-state index contributed by atoms with van der Waals surface area (Å²) in [5, 5.41) is 0. The first-order chi connectivity index (χ1) is 9.99. The molecular weight excluding hydrogens is 301 g/mol. The Labute approximate surface area is 126 Å². The van der Waals surface area contributed by atoms with E-state index in [1.54, 1.807) is 20.8 Å². The molecule has 5 nitrogen and oxygen atoms in total. The van der Waals surface area contributed by atoms with Crippen LogP contribution in [0.5, 0.6) is 5.88 Å². The van der Waals surface area contributed by atoms with E-state index < -0.39 is 29.6 Å². The van der Waals surface area contributed by atoms with Gasteiger partial charge < -0.3 is 14.4 Å². The van der Waals surface area contributed by atoms with Crippen molar-refractivity contribution in [3.8, 4) is 5.88 Å². The summed E-state index contributed by atoms with van der Waals surface area (Å²) in [7, 11) is 1.51. The normalized spacial score (nSPS) is 17.7. The van der Waals surface area contributed by atoms with Crippen LogP contribution < -0.4 is 4.74 Å². The highest BCUT2D eigenvalue weighted by Crippen LogP contribution is 2.37. The lowest BCUT2D eigenvalue weighted by molar-refractivity contribution is -0.141. The molecule has 0 radical (unpaired) electrons. The van der Waals surface area contributed by atoms with E-state index in [1.807, 2.05) is 0 Å². The van der Waals surface area contributed by atoms with Crippen LogP contribution in [0.1, 0.15) is 38.1 Å². The van der Waals surface area contributed by atoms with E-state index in [1.165, 1.54) is 18.0 Å². The predicted octanol–water partition coefficient (Wildman–Crippen LogP) is 3.40. The van der Waals surface area contributed by atoms with Gasteiger partial charge in [-0.25, -0.2) is 9.78 Å². The number of pyridine rings is 1. The highest BCUT2D eigenvalue weighted by Gasteiger charge is 2.38. The third-order valence-corrected chi connectivity index (χ3v) is 3.07. The zero-order valence-corrected chi connectivity index (χ0v) is 12.7. The molecule has 22 heavy (non-hydrogen) atoms. The molecule has 8 heteroatoms. The number of carbonyl (C=O) groups is 1. The van der Waals surface area contributed by atoms with Gasteiger partial charge in [-0.2, -0.15) is 13.2 Å². The van der Waals surface area contributed by atoms with Gasteiger partial charge in [-0.05, 0) is 32.9 Å². The Morgan fingerprint density at radius 1 is 1.36 bits per heavy atom. The lowest BCUT2D eigenvalue weighted by Gasteiger charge is -2.27. The molecule has 0 saturated carbocycles. The van der Waals surface area contributed by atoms with E-state index in [4.69, 9.17) is 9.47 Å². The maximum atomic E-state index is 12.6. The lowest BCUT2D eigenvalue weighted by atomic mass is 10.1. The van der Waals surface area contributed by atoms with Gasteiger partial charge in [-0.15, -0.1) is 0 Å². The largest absolute Gasteiger partial charge is 0.475 e. The van der Waals surface area contributed by atoms with Crippen LogP contribution in [0.2, 0.25) is 0 Å². The first kappa shape index (κ1) is 16.4. The Morgan fingerprint density at radius 2 is 2.00 bits per heavy atom. The lowest BCUT2D eigenvalue weighted by Crippen LogP contribution is -2.37. The Hall–Kier alpha value is -1.99. The van der Waals surface area contributed by atoms with E-state index in [0.717, 1.165) is 6.07 Å². The number of halogens is 3. The second-order valence-corrected chi connectivity index (χ2v) is 6.01. The molecule has 1 atom stereocenters. The number of aromatic nitrogens is 1. The van der Waals surface area contributed by atoms with Gasteiger partial charge in [0, 0.05) is 12.6 Å². The van der Waals surface area contributed by atoms with Crippen LogP contribution in [0, 0.1) is 0 Å². The number of fused-ring (bicyclic) bond motifs is 1. The van der Waals surface area contributed by atoms with Crippen molar-refractivity contribution in [1.82, 2.24) is 9.88 Å². The maximum absolute atomic E-state index is 12.6. The molecule has 1 aliphatic heterocycles. The summed E-state index contributed by atoms with van der Waals surface area (Å²) < 4.78 is 48.3. The van der Waals surface area contributed by atoms with E-state index in [0.29, 0.717) is 5.56 Å². The molecule has 1 aromatic rings. The summed E-state index contributed by atoms with van der Waals surface area (Å²) in [6.07, 6.45) is -5.11. The smallest absolute Gasteiger partial charge is 0.433 e. The summed E-state index contributed by atoms with van der Waals surface area (Å²) >= 11 is 0. The van der Waals surface area contributed by atoms with Crippen molar-refractivity contribution >= 4 is 6.09 Å². The average Bonchev–Trinajstić information content (AvgIpc) is 2.77. The second-order valence-electron chi connectivity index (χ2n) is 6.01. The van der Waals surface area contributed by atoms with Crippen molar-refractivity contribution in [3.63, 3.8) is 0 Å². The molecule has 2 rings (SSSR count). The molecule has 0 aliphatic carbocycles. The fraction of sp³-hybridized carbons (Fsp3) is 0.571. The molecule has 0 aromatic carbocycles. The molecule has 1 aliphatic rings. The number of nitrogens with zero attached hydrogens (tertiary/aromatic N) is 2. The molecule has 0 fully saturated rings. The zero-order chi connectivity index (χ0) is 16.7. The number of likely N-dealkylation sites (N-methyl/N-ethyl adjacent to an activating group) is 1. The monoisotopic (exact) mass is 318 g/mol. The Kier molecular flexibility index (Phi) is 3.97. The molecule has 0 spiro atoms. The topological polar surface area (TPSA) is 51.7 Å². The summed E-state index contributed by atoms with van der Waals surface area (Å²) in [6, 6.07) is 1.63. The van der Waals surface area contributed by atoms with Gasteiger partial charge in [0.05, 0.1) is 6.04 Å². The number of ether oxygens (including phenoxy) is 2. The third kappa shape index (κ3) is 3.42. The molecular formula is C14H17F3N2O3. The minimum Gasteiger partial charge on any atom is -0.475 e. The first-order valence-corrected chi connectivity index (χ1v) is 6.66. The van der Waals surface area contributed by atoms with Crippen molar-refractivity contribution < 1.29 is 27.4 Å². The fourth-order valence-corrected chi connectivity index (χ4v) is 2.01. The molecule has 1 amide bonds. The maximum Gasteiger partial charge on any atom is 0.433 e. The molecule has 1 unspecified atom stereocenters. The van der Waals surface area contributed by atoms with Crippen molar-refractivity contribution in [3.05, 3.63) is 23.4 Å². The van der Waals surface area contributed by atoms with E-state index in [-0.39, 0.29) is 12.5 Å². The van der Waals surface area contributed by atoms with Crippen LogP contribution in [0.3, 0.4) is 0 Å². The van der Waals surface area contributed by atoms with Gasteiger partial charge >= 0.3 is 12.3 Å². The summed E-state index contributed by atoms with van der Waals surface area (Å²) in [5.41, 5.74) is -1.25. The van der Waals surface area contributed by atoms with E-state index in [2.05, 4.69) is 4.98 Å². The molecule has 122 valence electrons. The van der Waals surface area contributed by atoms with Crippen LogP contribution in [0.25, 0.3) is 0 Å². The third-order valence-electron chi connectivity index (χ3n) is 3.07. The standard InChI is InChI=1S/C14H17F3N2O3/c1-13(2,3)22-12(20)19(4)9-7-21-11-8(9)5-6-10(18-11)14(15,16)17/h5-6,9H,7H2,1-4H3. The molecule has 0 saturated heterocycles. The quantitative estimate of drug-likeness (QED) is 0.796. The number of rotatable bonds is 1. The number of hydrogen-bond donors (Lipinski definition) is 0. The van der Waals surface area contributed by atoms with Gasteiger partial charge in [0.1, 0.15) is 17.9 Å². The fourth-order valence-electron chi connectivity index (χ4n) is 2.01. The van der Waals surface area contributed by atoms with Crippen molar-refractivity contribution in [2.45, 2.75) is 38.6 Å². The van der Waals surface area contributed by atoms with Crippen LogP contribution >= 0.6 is 0 Å². The summed E-state index contributed by atoms with van der Waals surface area (Å²) in [4.78, 5) is 16.8. The van der Waals surface area contributed by atoms with Crippen LogP contribution in [-0.4, -0.2) is 35.2 Å². The predicted molar refractivity (Wildman–Crippen MR) is 71.5 cm³/mol. The van der Waals surface area contributed by atoms with Gasteiger partial charge in [-0.3, -0.25) is 0 Å². The van der Waals surface area contributed by atoms with Gasteiger partial charge in [-0.1, -0.05) is 0 Å². The Morgan fingerprint density at radius 3 is 2.55 bits per heavy atom. The van der Waals surface area contributed by atoms with Crippen LogP contribution in [0.4, 0.5) is 18.0 Å². The van der Waals surface area contributed by atoms with Crippen molar-refractivity contribution in [1.29, 1.82) is 0 Å². The first-order valence-electron chi connectivity index (χ1n) is 6.66. The Balaban J connectivity index is 2.20. The van der Waals surface area contributed by atoms with E-state index >= 15 is 0 Å².